The summed E-state index contributed by atoms with van der Waals surface area (Å²) in [5, 5.41) is 0.405. The second-order valence-corrected chi connectivity index (χ2v) is 10.4. The van der Waals surface area contributed by atoms with Gasteiger partial charge in [0, 0.05) is 50.9 Å². The zero-order valence-electron chi connectivity index (χ0n) is 17.3. The number of nitrogens with zero attached hydrogens (tertiary/aromatic N) is 3. The number of benzene rings is 1. The summed E-state index contributed by atoms with van der Waals surface area (Å²) in [6.45, 7) is 8.41. The zero-order chi connectivity index (χ0) is 21.2. The molecule has 0 radical (unpaired) electrons. The van der Waals surface area contributed by atoms with Gasteiger partial charge in [-0.2, -0.15) is 0 Å². The van der Waals surface area contributed by atoms with Crippen molar-refractivity contribution in [3.8, 4) is 5.75 Å². The van der Waals surface area contributed by atoms with Crippen LogP contribution in [-0.2, 0) is 10.0 Å². The molecule has 162 valence electrons. The first kappa shape index (κ1) is 22.3. The van der Waals surface area contributed by atoms with E-state index < -0.39 is 10.0 Å². The average molecular weight is 444 g/mol. The molecule has 0 N–H and O–H groups in total. The molecule has 2 aliphatic rings. The third-order valence-corrected chi connectivity index (χ3v) is 7.27. The molecule has 2 heterocycles. The number of rotatable bonds is 5. The van der Waals surface area contributed by atoms with E-state index in [-0.39, 0.29) is 12.0 Å². The number of halogens is 1. The number of amides is 1. The molecular formula is C20H30ClN3O4S. The molecule has 1 aromatic rings. The summed E-state index contributed by atoms with van der Waals surface area (Å²) in [5.74, 6) is 0.522. The molecule has 1 aromatic carbocycles. The Morgan fingerprint density at radius 1 is 1.10 bits per heavy atom. The number of piperidine rings is 1. The summed E-state index contributed by atoms with van der Waals surface area (Å²) in [7, 11) is -3.16. The summed E-state index contributed by atoms with van der Waals surface area (Å²) in [5.41, 5.74) is 0.562. The Bertz CT molecular complexity index is 830. The Morgan fingerprint density at radius 2 is 1.72 bits per heavy atom. The van der Waals surface area contributed by atoms with Crippen LogP contribution in [0.5, 0.6) is 5.75 Å². The van der Waals surface area contributed by atoms with Crippen molar-refractivity contribution in [1.82, 2.24) is 14.1 Å². The van der Waals surface area contributed by atoms with Crippen molar-refractivity contribution in [2.75, 3.05) is 45.5 Å². The van der Waals surface area contributed by atoms with Gasteiger partial charge in [0.2, 0.25) is 10.0 Å². The van der Waals surface area contributed by atoms with E-state index in [0.717, 1.165) is 13.1 Å². The zero-order valence-corrected chi connectivity index (χ0v) is 18.9. The lowest BCUT2D eigenvalue weighted by Crippen LogP contribution is -2.50. The largest absolute Gasteiger partial charge is 0.489 e. The van der Waals surface area contributed by atoms with E-state index in [0.29, 0.717) is 61.4 Å². The SMILES string of the molecule is CC(C)N1CCN(C(=O)c2ccc(OC3CCN(S(C)(=O)=O)CC3)c(Cl)c2)CC1. The molecule has 0 bridgehead atoms. The highest BCUT2D eigenvalue weighted by Crippen LogP contribution is 2.29. The summed E-state index contributed by atoms with van der Waals surface area (Å²) >= 11 is 6.39. The monoisotopic (exact) mass is 443 g/mol. The van der Waals surface area contributed by atoms with E-state index in [9.17, 15) is 13.2 Å². The van der Waals surface area contributed by atoms with Gasteiger partial charge in [-0.3, -0.25) is 9.69 Å². The van der Waals surface area contributed by atoms with E-state index in [1.807, 2.05) is 4.90 Å². The second-order valence-electron chi connectivity index (χ2n) is 8.05. The number of carbonyl (C=O) groups excluding carboxylic acids is 1. The molecule has 0 aromatic heterocycles. The minimum absolute atomic E-state index is 0.0108. The van der Waals surface area contributed by atoms with Crippen LogP contribution in [0.3, 0.4) is 0 Å². The highest BCUT2D eigenvalue weighted by molar-refractivity contribution is 7.88. The molecule has 0 atom stereocenters. The van der Waals surface area contributed by atoms with Crippen molar-refractivity contribution in [1.29, 1.82) is 0 Å². The molecular weight excluding hydrogens is 414 g/mol. The highest BCUT2D eigenvalue weighted by Gasteiger charge is 2.27. The highest BCUT2D eigenvalue weighted by atomic mass is 35.5. The van der Waals surface area contributed by atoms with E-state index >= 15 is 0 Å². The first-order valence-corrected chi connectivity index (χ1v) is 12.3. The standard InChI is InChI=1S/C20H30ClN3O4S/c1-15(2)22-10-12-23(13-11-22)20(25)16-4-5-19(18(21)14-16)28-17-6-8-24(9-7-17)29(3,26)27/h4-5,14-15,17H,6-13H2,1-3H3. The fourth-order valence-corrected chi connectivity index (χ4v) is 4.91. The van der Waals surface area contributed by atoms with E-state index in [2.05, 4.69) is 18.7 Å². The van der Waals surface area contributed by atoms with Gasteiger partial charge in [-0.15, -0.1) is 0 Å². The lowest BCUT2D eigenvalue weighted by Gasteiger charge is -2.37. The van der Waals surface area contributed by atoms with Crippen LogP contribution in [-0.4, -0.2) is 86.1 Å². The summed E-state index contributed by atoms with van der Waals surface area (Å²) < 4.78 is 30.7. The van der Waals surface area contributed by atoms with Crippen LogP contribution in [0, 0.1) is 0 Å². The quantitative estimate of drug-likeness (QED) is 0.698. The van der Waals surface area contributed by atoms with Gasteiger partial charge in [-0.05, 0) is 44.9 Å². The van der Waals surface area contributed by atoms with Crippen molar-refractivity contribution in [2.24, 2.45) is 0 Å². The van der Waals surface area contributed by atoms with Crippen molar-refractivity contribution in [2.45, 2.75) is 38.8 Å². The lowest BCUT2D eigenvalue weighted by molar-refractivity contribution is 0.0595. The average Bonchev–Trinajstić information content (AvgIpc) is 2.69. The maximum absolute atomic E-state index is 12.8. The van der Waals surface area contributed by atoms with E-state index in [1.165, 1.54) is 10.6 Å². The molecule has 0 unspecified atom stereocenters. The molecule has 3 rings (SSSR count). The van der Waals surface area contributed by atoms with Gasteiger partial charge >= 0.3 is 0 Å². The van der Waals surface area contributed by atoms with Crippen LogP contribution in [0.4, 0.5) is 0 Å². The first-order valence-electron chi connectivity index (χ1n) is 10.1. The Labute approximate surface area is 178 Å². The van der Waals surface area contributed by atoms with Crippen molar-refractivity contribution in [3.63, 3.8) is 0 Å². The predicted molar refractivity (Wildman–Crippen MR) is 114 cm³/mol. The maximum atomic E-state index is 12.8. The Kier molecular flexibility index (Phi) is 7.09. The molecule has 0 spiro atoms. The minimum Gasteiger partial charge on any atom is -0.489 e. The fraction of sp³-hybridized carbons (Fsp3) is 0.650. The molecule has 1 amide bonds. The smallest absolute Gasteiger partial charge is 0.253 e. The topological polar surface area (TPSA) is 70.2 Å². The van der Waals surface area contributed by atoms with Crippen molar-refractivity contribution < 1.29 is 17.9 Å². The lowest BCUT2D eigenvalue weighted by atomic mass is 10.1. The van der Waals surface area contributed by atoms with Crippen LogP contribution in [0.15, 0.2) is 18.2 Å². The molecule has 7 nitrogen and oxygen atoms in total. The van der Waals surface area contributed by atoms with Gasteiger partial charge in [0.25, 0.3) is 5.91 Å². The number of ether oxygens (including phenoxy) is 1. The van der Waals surface area contributed by atoms with Crippen LogP contribution < -0.4 is 4.74 Å². The molecule has 0 saturated carbocycles. The molecule has 29 heavy (non-hydrogen) atoms. The normalized spacial score (nSPS) is 20.2. The van der Waals surface area contributed by atoms with Crippen molar-refractivity contribution in [3.05, 3.63) is 28.8 Å². The second kappa shape index (κ2) is 9.20. The van der Waals surface area contributed by atoms with Crippen LogP contribution >= 0.6 is 11.6 Å². The Balaban J connectivity index is 1.57. The number of carbonyl (C=O) groups is 1. The van der Waals surface area contributed by atoms with Crippen LogP contribution in [0.1, 0.15) is 37.0 Å². The third kappa shape index (κ3) is 5.63. The predicted octanol–water partition coefficient (Wildman–Crippen LogP) is 2.31. The number of sulfonamides is 1. The molecule has 9 heteroatoms. The van der Waals surface area contributed by atoms with Crippen LogP contribution in [0.25, 0.3) is 0 Å². The van der Waals surface area contributed by atoms with Gasteiger partial charge in [0.15, 0.2) is 0 Å². The Hall–Kier alpha value is -1.35. The van der Waals surface area contributed by atoms with E-state index in [1.54, 1.807) is 18.2 Å². The van der Waals surface area contributed by atoms with Gasteiger partial charge in [0.1, 0.15) is 11.9 Å². The van der Waals surface area contributed by atoms with Gasteiger partial charge < -0.3 is 9.64 Å². The summed E-state index contributed by atoms with van der Waals surface area (Å²) in [6, 6.07) is 5.65. The molecule has 2 fully saturated rings. The number of piperazine rings is 1. The Morgan fingerprint density at radius 3 is 2.24 bits per heavy atom. The number of hydrogen-bond acceptors (Lipinski definition) is 5. The molecule has 0 aliphatic carbocycles. The maximum Gasteiger partial charge on any atom is 0.253 e. The fourth-order valence-electron chi connectivity index (χ4n) is 3.81. The number of hydrogen-bond donors (Lipinski definition) is 0. The summed E-state index contributed by atoms with van der Waals surface area (Å²) in [4.78, 5) is 17.0. The first-order chi connectivity index (χ1) is 13.6. The van der Waals surface area contributed by atoms with Gasteiger partial charge in [-0.1, -0.05) is 11.6 Å². The third-order valence-electron chi connectivity index (χ3n) is 5.67. The van der Waals surface area contributed by atoms with E-state index in [4.69, 9.17) is 16.3 Å². The summed E-state index contributed by atoms with van der Waals surface area (Å²) in [6.07, 6.45) is 2.37. The van der Waals surface area contributed by atoms with Gasteiger partial charge in [0.05, 0.1) is 11.3 Å². The molecule has 2 aliphatic heterocycles. The molecule has 2 saturated heterocycles. The van der Waals surface area contributed by atoms with Crippen molar-refractivity contribution >= 4 is 27.5 Å². The van der Waals surface area contributed by atoms with Gasteiger partial charge in [-0.25, -0.2) is 12.7 Å². The van der Waals surface area contributed by atoms with Crippen LogP contribution in [0.2, 0.25) is 5.02 Å². The minimum atomic E-state index is -3.16.